The van der Waals surface area contributed by atoms with Gasteiger partial charge in [0.25, 0.3) is 0 Å². The molecule has 0 saturated heterocycles. The molecule has 0 spiro atoms. The Balaban J connectivity index is 0.000000199. The molecule has 1 N–H and O–H groups in total. The summed E-state index contributed by atoms with van der Waals surface area (Å²) >= 11 is 0. The number of rotatable bonds is 1. The Morgan fingerprint density at radius 2 is 1.44 bits per heavy atom. The lowest BCUT2D eigenvalue weighted by Gasteiger charge is -2.03. The molecule has 0 aliphatic heterocycles. The van der Waals surface area contributed by atoms with Crippen LogP contribution in [0.3, 0.4) is 0 Å². The highest BCUT2D eigenvalue weighted by Gasteiger charge is 2.03. The van der Waals surface area contributed by atoms with Crippen LogP contribution in [-0.2, 0) is 0 Å². The van der Waals surface area contributed by atoms with Gasteiger partial charge in [0, 0.05) is 0 Å². The van der Waals surface area contributed by atoms with Crippen LogP contribution in [0.5, 0.6) is 5.75 Å². The van der Waals surface area contributed by atoms with E-state index < -0.39 is 0 Å². The molecular formula is C15H17NO2. The summed E-state index contributed by atoms with van der Waals surface area (Å²) in [7, 11) is 0. The van der Waals surface area contributed by atoms with Crippen molar-refractivity contribution >= 4 is 5.69 Å². The Morgan fingerprint density at radius 1 is 0.889 bits per heavy atom. The fraction of sp³-hybridized carbons (Fsp3) is 0.200. The molecule has 0 aromatic heterocycles. The van der Waals surface area contributed by atoms with Crippen LogP contribution in [0.15, 0.2) is 47.6 Å². The number of nitroso groups, excluding NO2 is 1. The van der Waals surface area contributed by atoms with Gasteiger partial charge in [-0.3, -0.25) is 0 Å². The number of phenols is 1. The molecule has 0 bridgehead atoms. The summed E-state index contributed by atoms with van der Waals surface area (Å²) in [5, 5.41) is 11.6. The smallest absolute Gasteiger partial charge is 0.115 e. The van der Waals surface area contributed by atoms with E-state index in [1.165, 1.54) is 0 Å². The van der Waals surface area contributed by atoms with Gasteiger partial charge in [0.2, 0.25) is 0 Å². The Morgan fingerprint density at radius 3 is 1.83 bits per heavy atom. The topological polar surface area (TPSA) is 49.7 Å². The maximum Gasteiger partial charge on any atom is 0.115 e. The minimum atomic E-state index is 0.322. The first-order chi connectivity index (χ1) is 8.56. The van der Waals surface area contributed by atoms with Gasteiger partial charge in [0.15, 0.2) is 0 Å². The van der Waals surface area contributed by atoms with E-state index in [0.29, 0.717) is 11.4 Å². The van der Waals surface area contributed by atoms with Crippen molar-refractivity contribution in [3.8, 4) is 5.75 Å². The molecule has 0 amide bonds. The van der Waals surface area contributed by atoms with Gasteiger partial charge in [-0.2, -0.15) is 0 Å². The minimum absolute atomic E-state index is 0.322. The fourth-order valence-corrected chi connectivity index (χ4v) is 1.50. The summed E-state index contributed by atoms with van der Waals surface area (Å²) in [6.07, 6.45) is 0. The van der Waals surface area contributed by atoms with Crippen molar-refractivity contribution in [2.75, 3.05) is 0 Å². The van der Waals surface area contributed by atoms with Crippen molar-refractivity contribution in [2.24, 2.45) is 5.18 Å². The standard InChI is InChI=1S/C9H11NO.C6H6O/c1-6-4-5-7(2)9(10-11)8(6)3;7-6-4-2-1-3-5-6/h4-5H,1-3H3;1-5,7H. The monoisotopic (exact) mass is 243 g/mol. The summed E-state index contributed by atoms with van der Waals surface area (Å²) < 4.78 is 0. The highest BCUT2D eigenvalue weighted by molar-refractivity contribution is 5.54. The number of hydrogen-bond acceptors (Lipinski definition) is 3. The molecule has 0 atom stereocenters. The van der Waals surface area contributed by atoms with Crippen molar-refractivity contribution in [1.82, 2.24) is 0 Å². The Hall–Kier alpha value is -2.16. The quantitative estimate of drug-likeness (QED) is 0.754. The Bertz CT molecular complexity index is 522. The van der Waals surface area contributed by atoms with Crippen molar-refractivity contribution < 1.29 is 5.11 Å². The average molecular weight is 243 g/mol. The van der Waals surface area contributed by atoms with E-state index in [2.05, 4.69) is 5.18 Å². The predicted molar refractivity (Wildman–Crippen MR) is 74.2 cm³/mol. The second kappa shape index (κ2) is 6.55. The van der Waals surface area contributed by atoms with E-state index in [-0.39, 0.29) is 0 Å². The normalized spacial score (nSPS) is 9.28. The molecule has 0 saturated carbocycles. The largest absolute Gasteiger partial charge is 0.508 e. The number of benzene rings is 2. The molecule has 0 radical (unpaired) electrons. The van der Waals surface area contributed by atoms with Gasteiger partial charge in [0.1, 0.15) is 11.4 Å². The second-order valence-corrected chi connectivity index (χ2v) is 4.10. The third-order valence-electron chi connectivity index (χ3n) is 2.75. The molecule has 0 unspecified atom stereocenters. The minimum Gasteiger partial charge on any atom is -0.508 e. The Labute approximate surface area is 107 Å². The molecule has 2 rings (SSSR count). The molecular weight excluding hydrogens is 226 g/mol. The average Bonchev–Trinajstić information content (AvgIpc) is 2.37. The summed E-state index contributed by atoms with van der Waals surface area (Å²) in [6, 6.07) is 12.6. The first kappa shape index (κ1) is 13.9. The van der Waals surface area contributed by atoms with E-state index in [0.717, 1.165) is 16.7 Å². The van der Waals surface area contributed by atoms with Gasteiger partial charge in [0.05, 0.1) is 0 Å². The fourth-order valence-electron chi connectivity index (χ4n) is 1.50. The van der Waals surface area contributed by atoms with Crippen LogP contribution in [-0.4, -0.2) is 5.11 Å². The van der Waals surface area contributed by atoms with E-state index in [4.69, 9.17) is 5.11 Å². The van der Waals surface area contributed by atoms with Crippen LogP contribution in [0.25, 0.3) is 0 Å². The summed E-state index contributed by atoms with van der Waals surface area (Å²) in [6.45, 7) is 5.78. The molecule has 3 heteroatoms. The predicted octanol–water partition coefficient (Wildman–Crippen LogP) is 4.40. The van der Waals surface area contributed by atoms with E-state index >= 15 is 0 Å². The number of nitrogens with zero attached hydrogens (tertiary/aromatic N) is 1. The molecule has 3 nitrogen and oxygen atoms in total. The van der Waals surface area contributed by atoms with Gasteiger partial charge < -0.3 is 5.11 Å². The van der Waals surface area contributed by atoms with E-state index in [1.54, 1.807) is 24.3 Å². The summed E-state index contributed by atoms with van der Waals surface area (Å²) in [5.74, 6) is 0.322. The first-order valence-electron chi connectivity index (χ1n) is 5.70. The third kappa shape index (κ3) is 3.70. The summed E-state index contributed by atoms with van der Waals surface area (Å²) in [4.78, 5) is 10.4. The van der Waals surface area contributed by atoms with Gasteiger partial charge in [-0.1, -0.05) is 30.3 Å². The SMILES string of the molecule is Cc1ccc(C)c(N=O)c1C.Oc1ccccc1. The lowest BCUT2D eigenvalue weighted by atomic mass is 10.0. The zero-order valence-electron chi connectivity index (χ0n) is 10.8. The zero-order chi connectivity index (χ0) is 13.5. The molecule has 2 aromatic rings. The highest BCUT2D eigenvalue weighted by atomic mass is 16.3. The lowest BCUT2D eigenvalue weighted by molar-refractivity contribution is 0.475. The molecule has 94 valence electrons. The maximum absolute atomic E-state index is 10.4. The van der Waals surface area contributed by atoms with Crippen molar-refractivity contribution in [1.29, 1.82) is 0 Å². The van der Waals surface area contributed by atoms with E-state index in [9.17, 15) is 4.91 Å². The highest BCUT2D eigenvalue weighted by Crippen LogP contribution is 2.25. The van der Waals surface area contributed by atoms with Gasteiger partial charge in [-0.25, -0.2) is 0 Å². The van der Waals surface area contributed by atoms with Crippen LogP contribution in [0, 0.1) is 25.7 Å². The van der Waals surface area contributed by atoms with Crippen LogP contribution in [0.2, 0.25) is 0 Å². The number of hydrogen-bond donors (Lipinski definition) is 1. The molecule has 0 fully saturated rings. The van der Waals surface area contributed by atoms with Crippen molar-refractivity contribution in [2.45, 2.75) is 20.8 Å². The Kier molecular flexibility index (Phi) is 5.06. The van der Waals surface area contributed by atoms with Crippen molar-refractivity contribution in [3.63, 3.8) is 0 Å². The maximum atomic E-state index is 10.4. The molecule has 2 aromatic carbocycles. The molecule has 18 heavy (non-hydrogen) atoms. The summed E-state index contributed by atoms with van der Waals surface area (Å²) in [5.41, 5.74) is 3.64. The van der Waals surface area contributed by atoms with Crippen molar-refractivity contribution in [3.05, 3.63) is 64.1 Å². The number of phenolic OH excluding ortho intramolecular Hbond substituents is 1. The molecule has 0 heterocycles. The second-order valence-electron chi connectivity index (χ2n) is 4.10. The molecule has 0 aliphatic rings. The van der Waals surface area contributed by atoms with E-state index in [1.807, 2.05) is 39.0 Å². The first-order valence-corrected chi connectivity index (χ1v) is 5.70. The zero-order valence-corrected chi connectivity index (χ0v) is 10.8. The number of para-hydroxylation sites is 1. The van der Waals surface area contributed by atoms with Crippen LogP contribution < -0.4 is 0 Å². The van der Waals surface area contributed by atoms with Gasteiger partial charge >= 0.3 is 0 Å². The molecule has 0 aliphatic carbocycles. The van der Waals surface area contributed by atoms with Crippen LogP contribution >= 0.6 is 0 Å². The number of aryl methyl sites for hydroxylation is 2. The van der Waals surface area contributed by atoms with Gasteiger partial charge in [-0.15, -0.1) is 4.91 Å². The van der Waals surface area contributed by atoms with Gasteiger partial charge in [-0.05, 0) is 54.8 Å². The van der Waals surface area contributed by atoms with Crippen LogP contribution in [0.1, 0.15) is 16.7 Å². The number of aromatic hydroxyl groups is 1. The third-order valence-corrected chi connectivity index (χ3v) is 2.75. The lowest BCUT2D eigenvalue weighted by Crippen LogP contribution is -1.83. The van der Waals surface area contributed by atoms with Crippen LogP contribution in [0.4, 0.5) is 5.69 Å².